The van der Waals surface area contributed by atoms with Crippen molar-refractivity contribution >= 4 is 32.4 Å². The molecule has 10 aromatic rings. The van der Waals surface area contributed by atoms with Gasteiger partial charge in [-0.05, 0) is 86.3 Å². The van der Waals surface area contributed by atoms with Gasteiger partial charge in [-0.3, -0.25) is 9.97 Å². The van der Waals surface area contributed by atoms with Gasteiger partial charge in [-0.1, -0.05) is 121 Å². The molecule has 0 unspecified atom stereocenters. The zero-order valence-electron chi connectivity index (χ0n) is 29.1. The van der Waals surface area contributed by atoms with Crippen LogP contribution in [0.1, 0.15) is 0 Å². The summed E-state index contributed by atoms with van der Waals surface area (Å²) in [6, 6.07) is 57.4. The van der Waals surface area contributed by atoms with E-state index in [1.54, 1.807) is 24.8 Å². The van der Waals surface area contributed by atoms with E-state index in [9.17, 15) is 0 Å². The fraction of sp³-hybridized carbons (Fsp3) is 0. The van der Waals surface area contributed by atoms with E-state index < -0.39 is 0 Å². The summed E-state index contributed by atoms with van der Waals surface area (Å²) in [7, 11) is 0. The molecule has 0 aliphatic rings. The number of hydrogen-bond acceptors (Lipinski definition) is 5. The molecule has 0 N–H and O–H groups in total. The third-order valence-corrected chi connectivity index (χ3v) is 10.1. The normalized spacial score (nSPS) is 11.3. The van der Waals surface area contributed by atoms with E-state index >= 15 is 0 Å². The zero-order chi connectivity index (χ0) is 35.8. The molecule has 0 spiro atoms. The van der Waals surface area contributed by atoms with Gasteiger partial charge in [0.2, 0.25) is 0 Å². The van der Waals surface area contributed by atoms with Crippen LogP contribution in [0.5, 0.6) is 0 Å². The van der Waals surface area contributed by atoms with Gasteiger partial charge in [0.25, 0.3) is 0 Å². The molecule has 6 aromatic carbocycles. The highest BCUT2D eigenvalue weighted by atomic mass is 14.9. The van der Waals surface area contributed by atoms with E-state index in [1.165, 1.54) is 27.3 Å². The average Bonchev–Trinajstić information content (AvgIpc) is 3.26. The lowest BCUT2D eigenvalue weighted by Gasteiger charge is -2.15. The van der Waals surface area contributed by atoms with Crippen molar-refractivity contribution in [1.29, 1.82) is 0 Å². The van der Waals surface area contributed by atoms with Crippen molar-refractivity contribution in [3.05, 3.63) is 189 Å². The van der Waals surface area contributed by atoms with E-state index in [-0.39, 0.29) is 0 Å². The predicted molar refractivity (Wildman–Crippen MR) is 221 cm³/mol. The summed E-state index contributed by atoms with van der Waals surface area (Å²) >= 11 is 0. The van der Waals surface area contributed by atoms with Crippen LogP contribution in [0.25, 0.3) is 99.9 Å². The number of aromatic nitrogens is 5. The monoisotopic (exact) mass is 689 g/mol. The predicted octanol–water partition coefficient (Wildman–Crippen LogP) is 12.1. The van der Waals surface area contributed by atoms with Gasteiger partial charge in [0.05, 0.1) is 22.6 Å². The molecule has 0 saturated carbocycles. The van der Waals surface area contributed by atoms with Gasteiger partial charge in [0.1, 0.15) is 0 Å². The topological polar surface area (TPSA) is 64.5 Å². The number of pyridine rings is 3. The molecule has 0 saturated heterocycles. The molecule has 0 bridgehead atoms. The SMILES string of the molecule is c1ccc(-c2cc(-c3ccc(-c4ccc(-c5cc(-c6ccncc6)nc(-c6ccncc6)n5)c5ccccc45)cc3)nc3ccc4ccccc4c23)cc1. The number of fused-ring (bicyclic) bond motifs is 4. The minimum Gasteiger partial charge on any atom is -0.265 e. The van der Waals surface area contributed by atoms with Crippen LogP contribution in [0.15, 0.2) is 189 Å². The highest BCUT2D eigenvalue weighted by molar-refractivity contribution is 6.14. The number of hydrogen-bond donors (Lipinski definition) is 0. The fourth-order valence-corrected chi connectivity index (χ4v) is 7.48. The molecule has 252 valence electrons. The maximum absolute atomic E-state index is 5.22. The first-order valence-electron chi connectivity index (χ1n) is 18.0. The second-order valence-corrected chi connectivity index (χ2v) is 13.3. The Balaban J connectivity index is 1.07. The first-order chi connectivity index (χ1) is 26.8. The summed E-state index contributed by atoms with van der Waals surface area (Å²) in [6.07, 6.45) is 7.12. The molecule has 0 aliphatic heterocycles. The Labute approximate surface area is 312 Å². The number of rotatable bonds is 6. The molecule has 0 aliphatic carbocycles. The van der Waals surface area contributed by atoms with Crippen LogP contribution < -0.4 is 0 Å². The van der Waals surface area contributed by atoms with Crippen molar-refractivity contribution in [1.82, 2.24) is 24.9 Å². The van der Waals surface area contributed by atoms with Crippen LogP contribution >= 0.6 is 0 Å². The Morgan fingerprint density at radius 3 is 1.63 bits per heavy atom. The summed E-state index contributed by atoms with van der Waals surface area (Å²) in [5, 5.41) is 5.87. The minimum absolute atomic E-state index is 0.649. The molecule has 5 heteroatoms. The molecule has 0 atom stereocenters. The lowest BCUT2D eigenvalue weighted by Crippen LogP contribution is -1.97. The lowest BCUT2D eigenvalue weighted by atomic mass is 9.92. The Morgan fingerprint density at radius 1 is 0.315 bits per heavy atom. The molecule has 4 aromatic heterocycles. The summed E-state index contributed by atoms with van der Waals surface area (Å²) in [4.78, 5) is 23.7. The van der Waals surface area contributed by atoms with Gasteiger partial charge in [-0.25, -0.2) is 15.0 Å². The van der Waals surface area contributed by atoms with E-state index in [4.69, 9.17) is 15.0 Å². The Kier molecular flexibility index (Phi) is 7.73. The van der Waals surface area contributed by atoms with Gasteiger partial charge < -0.3 is 0 Å². The van der Waals surface area contributed by atoms with E-state index in [0.717, 1.165) is 66.8 Å². The van der Waals surface area contributed by atoms with Crippen LogP contribution in [0.3, 0.4) is 0 Å². The summed E-state index contributed by atoms with van der Waals surface area (Å²) in [5.41, 5.74) is 12.3. The minimum atomic E-state index is 0.649. The Morgan fingerprint density at radius 2 is 0.870 bits per heavy atom. The Hall–Kier alpha value is -7.37. The molecular weight excluding hydrogens is 659 g/mol. The molecule has 54 heavy (non-hydrogen) atoms. The first-order valence-corrected chi connectivity index (χ1v) is 18.0. The first kappa shape index (κ1) is 31.4. The molecule has 10 rings (SSSR count). The van der Waals surface area contributed by atoms with Gasteiger partial charge in [0.15, 0.2) is 5.82 Å². The third-order valence-electron chi connectivity index (χ3n) is 10.1. The molecule has 5 nitrogen and oxygen atoms in total. The smallest absolute Gasteiger partial charge is 0.160 e. The quantitative estimate of drug-likeness (QED) is 0.163. The summed E-state index contributed by atoms with van der Waals surface area (Å²) in [5.74, 6) is 0.649. The number of nitrogens with zero attached hydrogens (tertiary/aromatic N) is 5. The van der Waals surface area contributed by atoms with E-state index in [1.807, 2.05) is 24.3 Å². The van der Waals surface area contributed by atoms with Crippen LogP contribution in [0, 0.1) is 0 Å². The van der Waals surface area contributed by atoms with Crippen LogP contribution in [-0.4, -0.2) is 24.9 Å². The van der Waals surface area contributed by atoms with E-state index in [2.05, 4.69) is 149 Å². The average molecular weight is 690 g/mol. The van der Waals surface area contributed by atoms with Gasteiger partial charge in [-0.2, -0.15) is 0 Å². The van der Waals surface area contributed by atoms with Crippen molar-refractivity contribution in [3.63, 3.8) is 0 Å². The standard InChI is InChI=1S/C49H31N5/c1-2-8-32(9-3-1)43-30-45(52-44-21-18-33-10-4-5-11-39(33)48(43)44)35-16-14-34(15-17-35)38-19-20-42(41-13-7-6-12-40(38)41)47-31-46(36-22-26-50-27-23-36)53-49(54-47)37-24-28-51-29-25-37/h1-31H. The van der Waals surface area contributed by atoms with Crippen molar-refractivity contribution < 1.29 is 0 Å². The highest BCUT2D eigenvalue weighted by Gasteiger charge is 2.16. The lowest BCUT2D eigenvalue weighted by molar-refractivity contribution is 1.17. The van der Waals surface area contributed by atoms with Gasteiger partial charge in [-0.15, -0.1) is 0 Å². The largest absolute Gasteiger partial charge is 0.265 e. The summed E-state index contributed by atoms with van der Waals surface area (Å²) in [6.45, 7) is 0. The van der Waals surface area contributed by atoms with Crippen molar-refractivity contribution in [2.75, 3.05) is 0 Å². The molecule has 0 amide bonds. The third kappa shape index (κ3) is 5.65. The van der Waals surface area contributed by atoms with Crippen molar-refractivity contribution in [2.24, 2.45) is 0 Å². The van der Waals surface area contributed by atoms with Crippen LogP contribution in [0.4, 0.5) is 0 Å². The fourth-order valence-electron chi connectivity index (χ4n) is 7.48. The molecule has 0 fully saturated rings. The highest BCUT2D eigenvalue weighted by Crippen LogP contribution is 2.39. The number of benzene rings is 6. The van der Waals surface area contributed by atoms with Crippen LogP contribution in [0.2, 0.25) is 0 Å². The van der Waals surface area contributed by atoms with Gasteiger partial charge >= 0.3 is 0 Å². The van der Waals surface area contributed by atoms with E-state index in [0.29, 0.717) is 5.82 Å². The second-order valence-electron chi connectivity index (χ2n) is 13.3. The molecular formula is C49H31N5. The Bertz CT molecular complexity index is 2910. The van der Waals surface area contributed by atoms with Crippen molar-refractivity contribution in [2.45, 2.75) is 0 Å². The van der Waals surface area contributed by atoms with Crippen molar-refractivity contribution in [3.8, 4) is 67.4 Å². The zero-order valence-corrected chi connectivity index (χ0v) is 29.1. The van der Waals surface area contributed by atoms with Crippen LogP contribution in [-0.2, 0) is 0 Å². The second kappa shape index (κ2) is 13.3. The maximum Gasteiger partial charge on any atom is 0.160 e. The van der Waals surface area contributed by atoms with Gasteiger partial charge in [0, 0.05) is 52.4 Å². The molecule has 4 heterocycles. The molecule has 0 radical (unpaired) electrons. The summed E-state index contributed by atoms with van der Waals surface area (Å²) < 4.78 is 0. The maximum atomic E-state index is 5.22.